The molecule has 0 aromatic heterocycles. The number of anilines is 3. The first-order valence-electron chi connectivity index (χ1n) is 8.50. The van der Waals surface area contributed by atoms with E-state index in [2.05, 4.69) is 41.5 Å². The molecule has 0 fully saturated rings. The van der Waals surface area contributed by atoms with Crippen LogP contribution in [0.4, 0.5) is 17.1 Å². The average Bonchev–Trinajstić information content (AvgIpc) is 2.57. The van der Waals surface area contributed by atoms with Gasteiger partial charge in [-0.05, 0) is 63.1 Å². The number of hydrogen-bond acceptors (Lipinski definition) is 3. The number of hydrogen-bond donors (Lipinski definition) is 2. The molecule has 2 N–H and O–H groups in total. The Bertz CT molecular complexity index is 693. The smallest absolute Gasteiger partial charge is 0.243 e. The molecule has 0 bridgehead atoms. The maximum absolute atomic E-state index is 12.2. The summed E-state index contributed by atoms with van der Waals surface area (Å²) in [7, 11) is 0. The zero-order valence-corrected chi connectivity index (χ0v) is 15.0. The Morgan fingerprint density at radius 2 is 1.67 bits per heavy atom. The maximum Gasteiger partial charge on any atom is 0.243 e. The molecule has 128 valence electrons. The van der Waals surface area contributed by atoms with Crippen LogP contribution in [0.25, 0.3) is 0 Å². The molecule has 24 heavy (non-hydrogen) atoms. The third-order valence-corrected chi connectivity index (χ3v) is 4.20. The van der Waals surface area contributed by atoms with Gasteiger partial charge in [0, 0.05) is 30.2 Å². The summed E-state index contributed by atoms with van der Waals surface area (Å²) in [6.07, 6.45) is 0. The van der Waals surface area contributed by atoms with E-state index in [1.165, 1.54) is 5.69 Å². The van der Waals surface area contributed by atoms with Crippen LogP contribution >= 0.6 is 0 Å². The summed E-state index contributed by atoms with van der Waals surface area (Å²) in [5, 5.41) is 6.16. The van der Waals surface area contributed by atoms with Crippen LogP contribution in [0.1, 0.15) is 25.0 Å². The largest absolute Gasteiger partial charge is 0.376 e. The van der Waals surface area contributed by atoms with Crippen LogP contribution in [0.15, 0.2) is 42.5 Å². The molecule has 0 radical (unpaired) electrons. The normalized spacial score (nSPS) is 10.3. The van der Waals surface area contributed by atoms with E-state index in [0.717, 1.165) is 35.6 Å². The van der Waals surface area contributed by atoms with Gasteiger partial charge in [-0.2, -0.15) is 0 Å². The zero-order chi connectivity index (χ0) is 17.5. The highest BCUT2D eigenvalue weighted by atomic mass is 16.1. The van der Waals surface area contributed by atoms with E-state index in [4.69, 9.17) is 0 Å². The third kappa shape index (κ3) is 4.51. The van der Waals surface area contributed by atoms with E-state index < -0.39 is 0 Å². The van der Waals surface area contributed by atoms with E-state index >= 15 is 0 Å². The number of nitrogens with zero attached hydrogens (tertiary/aromatic N) is 1. The van der Waals surface area contributed by atoms with Crippen molar-refractivity contribution in [1.82, 2.24) is 0 Å². The first-order chi connectivity index (χ1) is 11.5. The van der Waals surface area contributed by atoms with Gasteiger partial charge < -0.3 is 15.5 Å². The summed E-state index contributed by atoms with van der Waals surface area (Å²) in [6.45, 7) is 10.5. The average molecular weight is 325 g/mol. The fraction of sp³-hybridized carbons (Fsp3) is 0.350. The van der Waals surface area contributed by atoms with Gasteiger partial charge in [0.1, 0.15) is 0 Å². The summed E-state index contributed by atoms with van der Waals surface area (Å²) in [4.78, 5) is 14.5. The maximum atomic E-state index is 12.2. The van der Waals surface area contributed by atoms with Gasteiger partial charge >= 0.3 is 0 Å². The molecule has 0 atom stereocenters. The lowest BCUT2D eigenvalue weighted by Crippen LogP contribution is -2.23. The second-order valence-corrected chi connectivity index (χ2v) is 5.89. The highest BCUT2D eigenvalue weighted by molar-refractivity contribution is 5.94. The first-order valence-corrected chi connectivity index (χ1v) is 8.50. The zero-order valence-electron chi connectivity index (χ0n) is 15.0. The lowest BCUT2D eigenvalue weighted by atomic mass is 10.1. The standard InChI is InChI=1S/C20H27N3O/c1-5-23(6-2)17-11-12-19(16(4)13-17)22-20(24)14-21-18-10-8-7-9-15(18)3/h7-13,21H,5-6,14H2,1-4H3,(H,22,24). The van der Waals surface area contributed by atoms with Crippen molar-refractivity contribution >= 4 is 23.0 Å². The Labute approximate surface area is 144 Å². The molecule has 2 aromatic carbocycles. The molecule has 2 aromatic rings. The third-order valence-electron chi connectivity index (χ3n) is 4.20. The Kier molecular flexibility index (Phi) is 6.24. The summed E-state index contributed by atoms with van der Waals surface area (Å²) < 4.78 is 0. The fourth-order valence-corrected chi connectivity index (χ4v) is 2.71. The van der Waals surface area contributed by atoms with E-state index in [1.54, 1.807) is 0 Å². The minimum Gasteiger partial charge on any atom is -0.376 e. The lowest BCUT2D eigenvalue weighted by molar-refractivity contribution is -0.114. The minimum atomic E-state index is -0.0445. The number of carbonyl (C=O) groups excluding carboxylic acids is 1. The van der Waals surface area contributed by atoms with Gasteiger partial charge in [-0.15, -0.1) is 0 Å². The molecule has 0 unspecified atom stereocenters. The number of rotatable bonds is 7. The number of para-hydroxylation sites is 1. The van der Waals surface area contributed by atoms with Crippen LogP contribution in [-0.4, -0.2) is 25.5 Å². The number of carbonyl (C=O) groups is 1. The van der Waals surface area contributed by atoms with Gasteiger partial charge in [-0.3, -0.25) is 4.79 Å². The van der Waals surface area contributed by atoms with Crippen molar-refractivity contribution in [3.63, 3.8) is 0 Å². The summed E-state index contributed by atoms with van der Waals surface area (Å²) in [6, 6.07) is 14.1. The Morgan fingerprint density at radius 3 is 2.29 bits per heavy atom. The molecule has 0 aliphatic rings. The quantitative estimate of drug-likeness (QED) is 0.802. The summed E-state index contributed by atoms with van der Waals surface area (Å²) in [5.41, 5.74) is 5.24. The highest BCUT2D eigenvalue weighted by Gasteiger charge is 2.08. The molecule has 2 rings (SSSR count). The van der Waals surface area contributed by atoms with Crippen LogP contribution < -0.4 is 15.5 Å². The van der Waals surface area contributed by atoms with Crippen LogP contribution in [0.2, 0.25) is 0 Å². The van der Waals surface area contributed by atoms with Crippen LogP contribution in [0.3, 0.4) is 0 Å². The van der Waals surface area contributed by atoms with Crippen molar-refractivity contribution < 1.29 is 4.79 Å². The van der Waals surface area contributed by atoms with E-state index in [1.807, 2.05) is 44.2 Å². The van der Waals surface area contributed by atoms with Crippen molar-refractivity contribution in [2.75, 3.05) is 35.2 Å². The minimum absolute atomic E-state index is 0.0445. The Morgan fingerprint density at radius 1 is 0.958 bits per heavy atom. The van der Waals surface area contributed by atoms with Gasteiger partial charge in [0.2, 0.25) is 5.91 Å². The van der Waals surface area contributed by atoms with Crippen molar-refractivity contribution in [3.05, 3.63) is 53.6 Å². The van der Waals surface area contributed by atoms with Crippen LogP contribution in [0, 0.1) is 13.8 Å². The molecule has 0 saturated heterocycles. The number of aryl methyl sites for hydroxylation is 2. The van der Waals surface area contributed by atoms with E-state index in [0.29, 0.717) is 0 Å². The predicted octanol–water partition coefficient (Wildman–Crippen LogP) is 4.20. The molecular weight excluding hydrogens is 298 g/mol. The number of amides is 1. The molecule has 1 amide bonds. The number of benzene rings is 2. The number of nitrogens with one attached hydrogen (secondary N) is 2. The molecule has 0 spiro atoms. The van der Waals surface area contributed by atoms with Crippen molar-refractivity contribution in [2.24, 2.45) is 0 Å². The molecule has 0 heterocycles. The summed E-state index contributed by atoms with van der Waals surface area (Å²) >= 11 is 0. The molecule has 4 nitrogen and oxygen atoms in total. The highest BCUT2D eigenvalue weighted by Crippen LogP contribution is 2.22. The van der Waals surface area contributed by atoms with Gasteiger partial charge in [-0.1, -0.05) is 18.2 Å². The summed E-state index contributed by atoms with van der Waals surface area (Å²) in [5.74, 6) is -0.0445. The molecule has 4 heteroatoms. The SMILES string of the molecule is CCN(CC)c1ccc(NC(=O)CNc2ccccc2C)c(C)c1. The molecule has 0 aliphatic heterocycles. The monoisotopic (exact) mass is 325 g/mol. The fourth-order valence-electron chi connectivity index (χ4n) is 2.71. The van der Waals surface area contributed by atoms with E-state index in [9.17, 15) is 4.79 Å². The van der Waals surface area contributed by atoms with Crippen molar-refractivity contribution in [2.45, 2.75) is 27.7 Å². The van der Waals surface area contributed by atoms with Gasteiger partial charge in [0.05, 0.1) is 6.54 Å². The predicted molar refractivity (Wildman–Crippen MR) is 103 cm³/mol. The Hall–Kier alpha value is -2.49. The molecular formula is C20H27N3O. The van der Waals surface area contributed by atoms with Crippen molar-refractivity contribution in [3.8, 4) is 0 Å². The van der Waals surface area contributed by atoms with Gasteiger partial charge in [0.15, 0.2) is 0 Å². The van der Waals surface area contributed by atoms with Crippen LogP contribution in [0.5, 0.6) is 0 Å². The van der Waals surface area contributed by atoms with Crippen LogP contribution in [-0.2, 0) is 4.79 Å². The van der Waals surface area contributed by atoms with E-state index in [-0.39, 0.29) is 12.5 Å². The topological polar surface area (TPSA) is 44.4 Å². The molecule has 0 aliphatic carbocycles. The first kappa shape index (κ1) is 17.9. The van der Waals surface area contributed by atoms with Gasteiger partial charge in [-0.25, -0.2) is 0 Å². The van der Waals surface area contributed by atoms with Crippen molar-refractivity contribution in [1.29, 1.82) is 0 Å². The lowest BCUT2D eigenvalue weighted by Gasteiger charge is -2.22. The Balaban J connectivity index is 1.98. The second-order valence-electron chi connectivity index (χ2n) is 5.89. The van der Waals surface area contributed by atoms with Gasteiger partial charge in [0.25, 0.3) is 0 Å². The second kappa shape index (κ2) is 8.39. The molecule has 0 saturated carbocycles.